The van der Waals surface area contributed by atoms with Gasteiger partial charge >= 0.3 is 0 Å². The van der Waals surface area contributed by atoms with Gasteiger partial charge < -0.3 is 10.2 Å². The number of nitrogens with zero attached hydrogens (tertiary/aromatic N) is 4. The minimum atomic E-state index is -0.449. The Morgan fingerprint density at radius 2 is 1.91 bits per heavy atom. The molecule has 1 aliphatic heterocycles. The fourth-order valence-electron chi connectivity index (χ4n) is 5.48. The molecular formula is C25H27ClFN5O2. The molecule has 1 aromatic carbocycles. The lowest BCUT2D eigenvalue weighted by Gasteiger charge is -2.36. The van der Waals surface area contributed by atoms with Crippen LogP contribution in [0, 0.1) is 32.0 Å². The van der Waals surface area contributed by atoms with E-state index in [0.717, 1.165) is 17.8 Å². The van der Waals surface area contributed by atoms with Gasteiger partial charge in [0.05, 0.1) is 21.8 Å². The van der Waals surface area contributed by atoms with Gasteiger partial charge in [-0.15, -0.1) is 0 Å². The second-order valence-corrected chi connectivity index (χ2v) is 9.97. The summed E-state index contributed by atoms with van der Waals surface area (Å²) >= 11 is 6.21. The number of halogens is 2. The smallest absolute Gasteiger partial charge is 0.257 e. The molecule has 178 valence electrons. The first kappa shape index (κ1) is 22.8. The van der Waals surface area contributed by atoms with Crippen LogP contribution in [0.1, 0.15) is 59.5 Å². The first-order chi connectivity index (χ1) is 16.2. The summed E-state index contributed by atoms with van der Waals surface area (Å²) in [5.74, 6) is -0.559. The Hall–Kier alpha value is -3.00. The molecule has 7 nitrogen and oxygen atoms in total. The van der Waals surface area contributed by atoms with Crippen LogP contribution in [-0.2, 0) is 4.79 Å². The molecule has 1 N–H and O–H groups in total. The molecule has 0 radical (unpaired) electrons. The number of nitrogens with one attached hydrogen (secondary N) is 1. The molecule has 1 spiro atoms. The predicted octanol–water partition coefficient (Wildman–Crippen LogP) is 4.54. The fourth-order valence-corrected chi connectivity index (χ4v) is 5.75. The maximum absolute atomic E-state index is 13.4. The lowest BCUT2D eigenvalue weighted by atomic mass is 9.71. The van der Waals surface area contributed by atoms with Crippen LogP contribution in [0.4, 0.5) is 10.1 Å². The van der Waals surface area contributed by atoms with Crippen molar-refractivity contribution in [3.8, 4) is 0 Å². The van der Waals surface area contributed by atoms with E-state index in [0.29, 0.717) is 54.8 Å². The minimum Gasteiger partial charge on any atom is -0.349 e. The monoisotopic (exact) mass is 483 g/mol. The third kappa shape index (κ3) is 3.74. The van der Waals surface area contributed by atoms with Crippen LogP contribution in [0.25, 0.3) is 5.65 Å². The number of aromatic nitrogens is 3. The summed E-state index contributed by atoms with van der Waals surface area (Å²) in [5.41, 5.74) is 3.58. The van der Waals surface area contributed by atoms with Crippen LogP contribution in [0.5, 0.6) is 0 Å². The summed E-state index contributed by atoms with van der Waals surface area (Å²) in [7, 11) is 0. The number of benzene rings is 1. The first-order valence-electron chi connectivity index (χ1n) is 11.6. The first-order valence-corrected chi connectivity index (χ1v) is 12.0. The molecular weight excluding hydrogens is 457 g/mol. The quantitative estimate of drug-likeness (QED) is 0.593. The van der Waals surface area contributed by atoms with E-state index in [2.05, 4.69) is 15.4 Å². The number of carbonyl (C=O) groups is 2. The Morgan fingerprint density at radius 1 is 1.18 bits per heavy atom. The zero-order chi connectivity index (χ0) is 24.2. The summed E-state index contributed by atoms with van der Waals surface area (Å²) in [4.78, 5) is 32.8. The van der Waals surface area contributed by atoms with Crippen LogP contribution < -0.4 is 10.2 Å². The summed E-state index contributed by atoms with van der Waals surface area (Å²) in [6.45, 7) is 6.23. The number of hydrogen-bond donors (Lipinski definition) is 1. The van der Waals surface area contributed by atoms with Crippen LogP contribution in [0.2, 0.25) is 5.02 Å². The molecule has 2 aromatic heterocycles. The van der Waals surface area contributed by atoms with Crippen LogP contribution in [0.3, 0.4) is 0 Å². The van der Waals surface area contributed by atoms with E-state index in [1.807, 2.05) is 26.8 Å². The van der Waals surface area contributed by atoms with E-state index in [1.54, 1.807) is 15.5 Å². The number of amides is 2. The number of aryl methyl sites for hydroxylation is 3. The maximum Gasteiger partial charge on any atom is 0.257 e. The molecule has 2 aliphatic rings. The second-order valence-electron chi connectivity index (χ2n) is 9.57. The Labute approximate surface area is 202 Å². The van der Waals surface area contributed by atoms with Crippen molar-refractivity contribution in [3.63, 3.8) is 0 Å². The van der Waals surface area contributed by atoms with Crippen molar-refractivity contribution in [2.45, 2.75) is 58.9 Å². The molecule has 5 rings (SSSR count). The number of hydrogen-bond acceptors (Lipinski definition) is 4. The van der Waals surface area contributed by atoms with Gasteiger partial charge in [0, 0.05) is 24.0 Å². The third-order valence-electron chi connectivity index (χ3n) is 7.29. The molecule has 9 heteroatoms. The van der Waals surface area contributed by atoms with Gasteiger partial charge in [0.2, 0.25) is 5.91 Å². The molecule has 2 amide bonds. The zero-order valence-electron chi connectivity index (χ0n) is 19.5. The van der Waals surface area contributed by atoms with Gasteiger partial charge in [-0.1, -0.05) is 11.6 Å². The van der Waals surface area contributed by atoms with E-state index >= 15 is 0 Å². The lowest BCUT2D eigenvalue weighted by Crippen LogP contribution is -2.44. The van der Waals surface area contributed by atoms with Crippen LogP contribution >= 0.6 is 11.6 Å². The van der Waals surface area contributed by atoms with Crippen molar-refractivity contribution in [1.29, 1.82) is 0 Å². The van der Waals surface area contributed by atoms with Gasteiger partial charge in [-0.2, -0.15) is 5.10 Å². The highest BCUT2D eigenvalue weighted by molar-refractivity contribution is 6.34. The number of carbonyl (C=O) groups excluding carboxylic acids is 2. The van der Waals surface area contributed by atoms with Gasteiger partial charge in [-0.3, -0.25) is 9.59 Å². The number of anilines is 1. The van der Waals surface area contributed by atoms with Gasteiger partial charge in [0.1, 0.15) is 11.4 Å². The highest BCUT2D eigenvalue weighted by Gasteiger charge is 2.49. The topological polar surface area (TPSA) is 79.6 Å². The summed E-state index contributed by atoms with van der Waals surface area (Å²) < 4.78 is 15.2. The largest absolute Gasteiger partial charge is 0.349 e. The predicted molar refractivity (Wildman–Crippen MR) is 128 cm³/mol. The average molecular weight is 484 g/mol. The molecule has 0 atom stereocenters. The van der Waals surface area contributed by atoms with Gasteiger partial charge in [0.15, 0.2) is 5.65 Å². The molecule has 1 aliphatic carbocycles. The number of fused-ring (bicyclic) bond motifs is 1. The molecule has 3 aromatic rings. The molecule has 1 saturated carbocycles. The molecule has 34 heavy (non-hydrogen) atoms. The van der Waals surface area contributed by atoms with Crippen molar-refractivity contribution in [1.82, 2.24) is 19.9 Å². The van der Waals surface area contributed by atoms with E-state index in [4.69, 9.17) is 11.6 Å². The molecule has 0 unspecified atom stereocenters. The maximum atomic E-state index is 13.4. The van der Waals surface area contributed by atoms with E-state index in [1.165, 1.54) is 12.1 Å². The summed E-state index contributed by atoms with van der Waals surface area (Å²) in [6, 6.07) is 6.04. The van der Waals surface area contributed by atoms with E-state index in [9.17, 15) is 14.0 Å². The molecule has 3 heterocycles. The van der Waals surface area contributed by atoms with Crippen LogP contribution in [0.15, 0.2) is 24.3 Å². The highest BCUT2D eigenvalue weighted by atomic mass is 35.5. The molecule has 0 bridgehead atoms. The van der Waals surface area contributed by atoms with Crippen molar-refractivity contribution in [2.75, 3.05) is 11.4 Å². The summed E-state index contributed by atoms with van der Waals surface area (Å²) in [5, 5.41) is 7.89. The second kappa shape index (κ2) is 8.34. The average Bonchev–Trinajstić information content (AvgIpc) is 3.27. The normalized spacial score (nSPS) is 22.7. The van der Waals surface area contributed by atoms with Crippen LogP contribution in [-0.4, -0.2) is 39.0 Å². The van der Waals surface area contributed by atoms with Crippen molar-refractivity contribution < 1.29 is 14.0 Å². The Balaban J connectivity index is 1.28. The van der Waals surface area contributed by atoms with Crippen molar-refractivity contribution in [2.24, 2.45) is 5.41 Å². The Morgan fingerprint density at radius 3 is 2.62 bits per heavy atom. The minimum absolute atomic E-state index is 0.0189. The summed E-state index contributed by atoms with van der Waals surface area (Å²) in [6.07, 6.45) is 3.54. The fraction of sp³-hybridized carbons (Fsp3) is 0.440. The molecule has 2 fully saturated rings. The third-order valence-corrected chi connectivity index (χ3v) is 7.59. The van der Waals surface area contributed by atoms with Gasteiger partial charge in [-0.25, -0.2) is 13.9 Å². The van der Waals surface area contributed by atoms with Gasteiger partial charge in [0.25, 0.3) is 5.91 Å². The van der Waals surface area contributed by atoms with Crippen molar-refractivity contribution in [3.05, 3.63) is 57.8 Å². The zero-order valence-corrected chi connectivity index (χ0v) is 20.2. The number of rotatable bonds is 3. The SMILES string of the molecule is Cc1cc(C)n2nc(C)c(C(=O)N[C@H]3CC[C@@]4(CCN(c5ccc(F)cc5Cl)C4=O)CC3)c2n1. The van der Waals surface area contributed by atoms with E-state index in [-0.39, 0.29) is 22.9 Å². The standard InChI is InChI=1S/C25H27ClFN5O2/c1-14-12-15(2)32-22(28-14)21(16(3)30-32)23(33)29-18-6-8-25(9-7-18)10-11-31(24(25)34)20-5-4-17(27)13-19(20)26/h4-5,12-13,18H,6-11H2,1-3H3,(H,29,33)/t18-,25-. The lowest BCUT2D eigenvalue weighted by molar-refractivity contribution is -0.127. The van der Waals surface area contributed by atoms with E-state index < -0.39 is 11.2 Å². The highest BCUT2D eigenvalue weighted by Crippen LogP contribution is 2.47. The van der Waals surface area contributed by atoms with Crippen molar-refractivity contribution >= 4 is 34.7 Å². The molecule has 1 saturated heterocycles. The Bertz CT molecular complexity index is 1310. The Kier molecular flexibility index (Phi) is 5.59. The van der Waals surface area contributed by atoms with Gasteiger partial charge in [-0.05, 0) is 77.1 Å².